The van der Waals surface area contributed by atoms with Crippen LogP contribution in [0.1, 0.15) is 37.4 Å². The van der Waals surface area contributed by atoms with Gasteiger partial charge in [-0.3, -0.25) is 0 Å². The first-order chi connectivity index (χ1) is 9.08. The van der Waals surface area contributed by atoms with E-state index in [2.05, 4.69) is 27.9 Å². The van der Waals surface area contributed by atoms with Gasteiger partial charge in [-0.25, -0.2) is 0 Å². The average Bonchev–Trinajstić information content (AvgIpc) is 2.52. The summed E-state index contributed by atoms with van der Waals surface area (Å²) < 4.78 is 7.32. The van der Waals surface area contributed by atoms with Gasteiger partial charge in [-0.1, -0.05) is 22.0 Å². The third-order valence-electron chi connectivity index (χ3n) is 4.35. The Morgan fingerprint density at radius 1 is 1.37 bits per heavy atom. The van der Waals surface area contributed by atoms with Gasteiger partial charge in [0.2, 0.25) is 0 Å². The van der Waals surface area contributed by atoms with Crippen molar-refractivity contribution in [2.45, 2.75) is 37.4 Å². The van der Waals surface area contributed by atoms with Gasteiger partial charge in [-0.15, -0.1) is 0 Å². The highest BCUT2D eigenvalue weighted by atomic mass is 79.9. The molecule has 19 heavy (non-hydrogen) atoms. The van der Waals surface area contributed by atoms with Gasteiger partial charge in [0.1, 0.15) is 11.4 Å². The molecule has 1 unspecified atom stereocenters. The van der Waals surface area contributed by atoms with Gasteiger partial charge in [0.25, 0.3) is 0 Å². The summed E-state index contributed by atoms with van der Waals surface area (Å²) in [5.41, 5.74) is 0.740. The van der Waals surface area contributed by atoms with Crippen LogP contribution < -0.4 is 4.74 Å². The molecule has 0 aromatic heterocycles. The van der Waals surface area contributed by atoms with Gasteiger partial charge in [0.15, 0.2) is 0 Å². The van der Waals surface area contributed by atoms with Crippen molar-refractivity contribution in [1.29, 1.82) is 0 Å². The van der Waals surface area contributed by atoms with Crippen LogP contribution in [-0.2, 0) is 0 Å². The lowest BCUT2D eigenvalue weighted by molar-refractivity contribution is -0.0236. The van der Waals surface area contributed by atoms with Gasteiger partial charge in [0.05, 0.1) is 6.10 Å². The Hall–Kier alpha value is -0.580. The zero-order valence-corrected chi connectivity index (χ0v) is 12.8. The number of hydrogen-bond donors (Lipinski definition) is 1. The van der Waals surface area contributed by atoms with Crippen LogP contribution in [0.4, 0.5) is 0 Å². The van der Waals surface area contributed by atoms with E-state index in [1.165, 1.54) is 0 Å². The molecule has 1 N–H and O–H groups in total. The van der Waals surface area contributed by atoms with Crippen LogP contribution in [0.2, 0.25) is 0 Å². The normalized spacial score (nSPS) is 31.6. The van der Waals surface area contributed by atoms with E-state index < -0.39 is 6.10 Å². The van der Waals surface area contributed by atoms with E-state index in [1.54, 1.807) is 0 Å². The molecule has 2 aliphatic rings. The second kappa shape index (κ2) is 5.08. The Bertz CT molecular complexity index is 479. The van der Waals surface area contributed by atoms with E-state index in [0.717, 1.165) is 54.6 Å². The summed E-state index contributed by atoms with van der Waals surface area (Å²) in [4.78, 5) is 2.35. The molecule has 0 aliphatic carbocycles. The predicted molar refractivity (Wildman–Crippen MR) is 78.4 cm³/mol. The third kappa shape index (κ3) is 2.67. The molecular formula is C15H20BrNO2. The highest BCUT2D eigenvalue weighted by Gasteiger charge is 2.41. The number of aliphatic hydroxyl groups is 1. The maximum absolute atomic E-state index is 10.4. The fourth-order valence-corrected chi connectivity index (χ4v) is 3.56. The van der Waals surface area contributed by atoms with Gasteiger partial charge >= 0.3 is 0 Å². The topological polar surface area (TPSA) is 32.7 Å². The van der Waals surface area contributed by atoms with E-state index in [1.807, 2.05) is 18.2 Å². The van der Waals surface area contributed by atoms with Crippen LogP contribution >= 0.6 is 15.9 Å². The van der Waals surface area contributed by atoms with Crippen molar-refractivity contribution in [2.75, 3.05) is 20.1 Å². The van der Waals surface area contributed by atoms with Crippen LogP contribution in [0, 0.1) is 0 Å². The maximum Gasteiger partial charge on any atom is 0.127 e. The Morgan fingerprint density at radius 2 is 2.21 bits per heavy atom. The first-order valence-electron chi connectivity index (χ1n) is 6.93. The molecule has 1 aromatic carbocycles. The second-order valence-corrected chi connectivity index (χ2v) is 6.76. The molecule has 1 saturated heterocycles. The summed E-state index contributed by atoms with van der Waals surface area (Å²) in [6.45, 7) is 2.16. The minimum absolute atomic E-state index is 0.183. The smallest absolute Gasteiger partial charge is 0.127 e. The number of nitrogens with zero attached hydrogens (tertiary/aromatic N) is 1. The molecule has 0 radical (unpaired) electrons. The number of ether oxygens (including phenoxy) is 1. The van der Waals surface area contributed by atoms with Crippen LogP contribution in [0.25, 0.3) is 0 Å². The summed E-state index contributed by atoms with van der Waals surface area (Å²) in [7, 11) is 2.16. The Balaban J connectivity index is 1.90. The quantitative estimate of drug-likeness (QED) is 0.795. The number of fused-ring (bicyclic) bond motifs is 1. The van der Waals surface area contributed by atoms with Crippen molar-refractivity contribution < 1.29 is 9.84 Å². The fourth-order valence-electron chi connectivity index (χ4n) is 3.22. The lowest BCUT2D eigenvalue weighted by Gasteiger charge is -2.40. The highest BCUT2D eigenvalue weighted by molar-refractivity contribution is 9.10. The first kappa shape index (κ1) is 13.4. The summed E-state index contributed by atoms with van der Waals surface area (Å²) in [6.07, 6.45) is 3.47. The largest absolute Gasteiger partial charge is 0.487 e. The molecule has 0 amide bonds. The number of hydrogen-bond acceptors (Lipinski definition) is 3. The summed E-state index contributed by atoms with van der Waals surface area (Å²) in [5, 5.41) is 10.4. The summed E-state index contributed by atoms with van der Waals surface area (Å²) >= 11 is 3.48. The number of aliphatic hydroxyl groups excluding tert-OH is 1. The standard InChI is InChI=1S/C15H20BrNO2/c1-17-7-2-5-15(6-8-17)10-13(18)12-4-3-11(16)9-14(12)19-15/h3-4,9,13,18H,2,5-8,10H2,1H3/t13-,15?/m1/s1. The van der Waals surface area contributed by atoms with E-state index in [4.69, 9.17) is 4.74 Å². The van der Waals surface area contributed by atoms with E-state index in [9.17, 15) is 5.11 Å². The van der Waals surface area contributed by atoms with Crippen LogP contribution in [-0.4, -0.2) is 35.7 Å². The maximum atomic E-state index is 10.4. The fraction of sp³-hybridized carbons (Fsp3) is 0.600. The molecule has 4 heteroatoms. The van der Waals surface area contributed by atoms with Crippen molar-refractivity contribution in [3.63, 3.8) is 0 Å². The molecule has 0 saturated carbocycles. The van der Waals surface area contributed by atoms with Crippen molar-refractivity contribution >= 4 is 15.9 Å². The Kier molecular flexibility index (Phi) is 3.58. The van der Waals surface area contributed by atoms with Crippen molar-refractivity contribution in [1.82, 2.24) is 4.90 Å². The van der Waals surface area contributed by atoms with Crippen molar-refractivity contribution in [2.24, 2.45) is 0 Å². The van der Waals surface area contributed by atoms with Crippen molar-refractivity contribution in [3.8, 4) is 5.75 Å². The van der Waals surface area contributed by atoms with E-state index >= 15 is 0 Å². The zero-order valence-electron chi connectivity index (χ0n) is 11.2. The predicted octanol–water partition coefficient (Wildman–Crippen LogP) is 3.12. The second-order valence-electron chi connectivity index (χ2n) is 5.84. The minimum atomic E-state index is -0.403. The summed E-state index contributed by atoms with van der Waals surface area (Å²) in [5.74, 6) is 0.845. The van der Waals surface area contributed by atoms with Crippen LogP contribution in [0.5, 0.6) is 5.75 Å². The Morgan fingerprint density at radius 3 is 3.05 bits per heavy atom. The molecule has 1 spiro atoms. The van der Waals surface area contributed by atoms with Crippen molar-refractivity contribution in [3.05, 3.63) is 28.2 Å². The zero-order chi connectivity index (χ0) is 13.5. The Labute approximate surface area is 122 Å². The molecule has 3 nitrogen and oxygen atoms in total. The molecule has 1 fully saturated rings. The summed E-state index contributed by atoms with van der Waals surface area (Å²) in [6, 6.07) is 5.90. The molecular weight excluding hydrogens is 306 g/mol. The van der Waals surface area contributed by atoms with Crippen LogP contribution in [0.3, 0.4) is 0 Å². The molecule has 1 aromatic rings. The monoisotopic (exact) mass is 325 g/mol. The minimum Gasteiger partial charge on any atom is -0.487 e. The SMILES string of the molecule is CN1CCCC2(CC1)C[C@@H](O)c1ccc(Br)cc1O2. The first-order valence-corrected chi connectivity index (χ1v) is 7.72. The van der Waals surface area contributed by atoms with Crippen LogP contribution in [0.15, 0.2) is 22.7 Å². The molecule has 0 bridgehead atoms. The molecule has 2 aliphatic heterocycles. The van der Waals surface area contributed by atoms with E-state index in [0.29, 0.717) is 0 Å². The van der Waals surface area contributed by atoms with Gasteiger partial charge < -0.3 is 14.7 Å². The highest BCUT2D eigenvalue weighted by Crippen LogP contribution is 2.44. The molecule has 2 heterocycles. The molecule has 3 rings (SSSR count). The lowest BCUT2D eigenvalue weighted by Crippen LogP contribution is -2.41. The van der Waals surface area contributed by atoms with E-state index in [-0.39, 0.29) is 5.60 Å². The number of benzene rings is 1. The lowest BCUT2D eigenvalue weighted by atomic mass is 9.83. The third-order valence-corrected chi connectivity index (χ3v) is 4.84. The number of rotatable bonds is 0. The average molecular weight is 326 g/mol. The molecule has 104 valence electrons. The van der Waals surface area contributed by atoms with Gasteiger partial charge in [-0.2, -0.15) is 0 Å². The van der Waals surface area contributed by atoms with Gasteiger partial charge in [0, 0.05) is 23.0 Å². The number of halogens is 1. The van der Waals surface area contributed by atoms with Gasteiger partial charge in [-0.05, 0) is 45.0 Å². The molecule has 2 atom stereocenters. The number of likely N-dealkylation sites (tertiary alicyclic amines) is 1.